The van der Waals surface area contributed by atoms with Crippen LogP contribution in [0.5, 0.6) is 0 Å². The lowest BCUT2D eigenvalue weighted by molar-refractivity contribution is -0.142. The molecule has 0 unspecified atom stereocenters. The molecule has 4 heteroatoms. The number of aromatic nitrogens is 2. The molecule has 0 bridgehead atoms. The average molecular weight is 210 g/mol. The van der Waals surface area contributed by atoms with Gasteiger partial charge in [-0.15, -0.1) is 0 Å². The van der Waals surface area contributed by atoms with Crippen molar-refractivity contribution in [3.05, 3.63) is 17.0 Å². The smallest absolute Gasteiger partial charge is 0.310 e. The summed E-state index contributed by atoms with van der Waals surface area (Å²) < 4.78 is 4.92. The fourth-order valence-electron chi connectivity index (χ4n) is 1.53. The second kappa shape index (κ2) is 4.96. The number of esters is 1. The maximum atomic E-state index is 11.4. The molecule has 1 heterocycles. The SMILES string of the molecule is CCOC(=O)Cc1c(C(C)C)n[nH]c1C. The lowest BCUT2D eigenvalue weighted by atomic mass is 10.0. The maximum Gasteiger partial charge on any atom is 0.310 e. The second-order valence-electron chi connectivity index (χ2n) is 3.85. The Morgan fingerprint density at radius 1 is 1.53 bits per heavy atom. The van der Waals surface area contributed by atoms with Crippen molar-refractivity contribution in [3.8, 4) is 0 Å². The summed E-state index contributed by atoms with van der Waals surface area (Å²) in [5.74, 6) is 0.128. The van der Waals surface area contributed by atoms with Crippen LogP contribution in [0.4, 0.5) is 0 Å². The van der Waals surface area contributed by atoms with Gasteiger partial charge in [-0.1, -0.05) is 13.8 Å². The molecule has 1 rings (SSSR count). The van der Waals surface area contributed by atoms with E-state index in [9.17, 15) is 4.79 Å². The van der Waals surface area contributed by atoms with Crippen LogP contribution < -0.4 is 0 Å². The van der Waals surface area contributed by atoms with Crippen molar-refractivity contribution < 1.29 is 9.53 Å². The van der Waals surface area contributed by atoms with E-state index in [1.165, 1.54) is 0 Å². The number of nitrogens with one attached hydrogen (secondary N) is 1. The predicted octanol–water partition coefficient (Wildman–Crippen LogP) is 1.95. The topological polar surface area (TPSA) is 55.0 Å². The number of carbonyl (C=O) groups excluding carboxylic acids is 1. The molecule has 0 aromatic carbocycles. The summed E-state index contributed by atoms with van der Waals surface area (Å²) in [4.78, 5) is 11.4. The minimum absolute atomic E-state index is 0.191. The number of hydrogen-bond acceptors (Lipinski definition) is 3. The molecule has 1 N–H and O–H groups in total. The van der Waals surface area contributed by atoms with Crippen LogP contribution in [0.3, 0.4) is 0 Å². The summed E-state index contributed by atoms with van der Waals surface area (Å²) in [6.07, 6.45) is 0.309. The van der Waals surface area contributed by atoms with Crippen LogP contribution >= 0.6 is 0 Å². The molecule has 0 spiro atoms. The first-order chi connectivity index (χ1) is 7.06. The van der Waals surface area contributed by atoms with E-state index < -0.39 is 0 Å². The van der Waals surface area contributed by atoms with Crippen molar-refractivity contribution in [2.75, 3.05) is 6.61 Å². The highest BCUT2D eigenvalue weighted by Crippen LogP contribution is 2.20. The van der Waals surface area contributed by atoms with Gasteiger partial charge in [0.1, 0.15) is 0 Å². The van der Waals surface area contributed by atoms with Gasteiger partial charge in [0.25, 0.3) is 0 Å². The predicted molar refractivity (Wildman–Crippen MR) is 57.8 cm³/mol. The fraction of sp³-hybridized carbons (Fsp3) is 0.636. The van der Waals surface area contributed by atoms with Crippen molar-refractivity contribution in [3.63, 3.8) is 0 Å². The molecule has 0 amide bonds. The van der Waals surface area contributed by atoms with E-state index in [0.29, 0.717) is 18.9 Å². The summed E-state index contributed by atoms with van der Waals surface area (Å²) in [6.45, 7) is 8.28. The number of nitrogens with zero attached hydrogens (tertiary/aromatic N) is 1. The van der Waals surface area contributed by atoms with E-state index in [1.54, 1.807) is 0 Å². The number of carbonyl (C=O) groups is 1. The first-order valence-corrected chi connectivity index (χ1v) is 5.25. The lowest BCUT2D eigenvalue weighted by Crippen LogP contribution is -2.09. The molecule has 0 aliphatic heterocycles. The minimum atomic E-state index is -0.191. The molecule has 0 radical (unpaired) electrons. The zero-order valence-electron chi connectivity index (χ0n) is 9.76. The zero-order chi connectivity index (χ0) is 11.4. The van der Waals surface area contributed by atoms with Gasteiger partial charge in [0.05, 0.1) is 18.7 Å². The summed E-state index contributed by atoms with van der Waals surface area (Å²) in [5, 5.41) is 7.10. The van der Waals surface area contributed by atoms with Crippen molar-refractivity contribution in [2.24, 2.45) is 0 Å². The van der Waals surface area contributed by atoms with E-state index in [2.05, 4.69) is 24.0 Å². The second-order valence-corrected chi connectivity index (χ2v) is 3.85. The highest BCUT2D eigenvalue weighted by atomic mass is 16.5. The first kappa shape index (κ1) is 11.8. The quantitative estimate of drug-likeness (QED) is 0.773. The molecule has 0 saturated carbocycles. The van der Waals surface area contributed by atoms with E-state index in [1.807, 2.05) is 13.8 Å². The van der Waals surface area contributed by atoms with Gasteiger partial charge in [-0.2, -0.15) is 5.10 Å². The van der Waals surface area contributed by atoms with Crippen molar-refractivity contribution in [1.29, 1.82) is 0 Å². The largest absolute Gasteiger partial charge is 0.466 e. The lowest BCUT2D eigenvalue weighted by Gasteiger charge is -2.06. The fourth-order valence-corrected chi connectivity index (χ4v) is 1.53. The van der Waals surface area contributed by atoms with Crippen LogP contribution in [0.25, 0.3) is 0 Å². The van der Waals surface area contributed by atoms with E-state index in [0.717, 1.165) is 17.0 Å². The number of aryl methyl sites for hydroxylation is 1. The normalized spacial score (nSPS) is 10.7. The molecule has 4 nitrogen and oxygen atoms in total. The van der Waals surface area contributed by atoms with E-state index >= 15 is 0 Å². The van der Waals surface area contributed by atoms with Crippen molar-refractivity contribution in [1.82, 2.24) is 10.2 Å². The van der Waals surface area contributed by atoms with Crippen LogP contribution in [-0.4, -0.2) is 22.8 Å². The summed E-state index contributed by atoms with van der Waals surface area (Å²) >= 11 is 0. The van der Waals surface area contributed by atoms with Gasteiger partial charge in [-0.05, 0) is 19.8 Å². The first-order valence-electron chi connectivity index (χ1n) is 5.25. The number of rotatable bonds is 4. The van der Waals surface area contributed by atoms with Gasteiger partial charge < -0.3 is 4.74 Å². The van der Waals surface area contributed by atoms with Gasteiger partial charge in [0.15, 0.2) is 0 Å². The Balaban J connectivity index is 2.83. The van der Waals surface area contributed by atoms with E-state index in [4.69, 9.17) is 4.74 Å². The van der Waals surface area contributed by atoms with Crippen LogP contribution in [0.15, 0.2) is 0 Å². The number of hydrogen-bond donors (Lipinski definition) is 1. The average Bonchev–Trinajstić information content (AvgIpc) is 2.48. The molecule has 1 aromatic rings. The summed E-state index contributed by atoms with van der Waals surface area (Å²) in [5.41, 5.74) is 2.88. The minimum Gasteiger partial charge on any atom is -0.466 e. The molecule has 1 aromatic heterocycles. The van der Waals surface area contributed by atoms with Gasteiger partial charge in [-0.25, -0.2) is 0 Å². The Bertz CT molecular complexity index is 342. The third kappa shape index (κ3) is 2.81. The monoisotopic (exact) mass is 210 g/mol. The molecule has 84 valence electrons. The molecule has 0 aliphatic rings. The molecular formula is C11H18N2O2. The number of aromatic amines is 1. The van der Waals surface area contributed by atoms with E-state index in [-0.39, 0.29) is 5.97 Å². The highest BCUT2D eigenvalue weighted by molar-refractivity contribution is 5.73. The van der Waals surface area contributed by atoms with Gasteiger partial charge in [0, 0.05) is 11.3 Å². The van der Waals surface area contributed by atoms with Crippen LogP contribution in [-0.2, 0) is 16.0 Å². The Morgan fingerprint density at radius 2 is 2.20 bits per heavy atom. The molecule has 0 fully saturated rings. The standard InChI is InChI=1S/C11H18N2O2/c1-5-15-10(14)6-9-8(4)12-13-11(9)7(2)3/h7H,5-6H2,1-4H3,(H,12,13). The maximum absolute atomic E-state index is 11.4. The Hall–Kier alpha value is -1.32. The van der Waals surface area contributed by atoms with Crippen LogP contribution in [0.2, 0.25) is 0 Å². The Labute approximate surface area is 90.0 Å². The highest BCUT2D eigenvalue weighted by Gasteiger charge is 2.16. The number of H-pyrrole nitrogens is 1. The Kier molecular flexibility index (Phi) is 3.88. The molecule has 15 heavy (non-hydrogen) atoms. The molecular weight excluding hydrogens is 192 g/mol. The van der Waals surface area contributed by atoms with Gasteiger partial charge in [-0.3, -0.25) is 9.89 Å². The molecule has 0 aliphatic carbocycles. The van der Waals surface area contributed by atoms with Gasteiger partial charge >= 0.3 is 5.97 Å². The van der Waals surface area contributed by atoms with Gasteiger partial charge in [0.2, 0.25) is 0 Å². The summed E-state index contributed by atoms with van der Waals surface area (Å²) in [6, 6.07) is 0. The van der Waals surface area contributed by atoms with Crippen LogP contribution in [0.1, 0.15) is 43.6 Å². The van der Waals surface area contributed by atoms with Crippen molar-refractivity contribution in [2.45, 2.75) is 40.0 Å². The third-order valence-electron chi connectivity index (χ3n) is 2.28. The number of ether oxygens (including phenoxy) is 1. The third-order valence-corrected chi connectivity index (χ3v) is 2.28. The summed E-state index contributed by atoms with van der Waals surface area (Å²) in [7, 11) is 0. The van der Waals surface area contributed by atoms with Crippen LogP contribution in [0, 0.1) is 6.92 Å². The molecule has 0 atom stereocenters. The molecule has 0 saturated heterocycles. The van der Waals surface area contributed by atoms with Crippen molar-refractivity contribution >= 4 is 5.97 Å². The zero-order valence-corrected chi connectivity index (χ0v) is 9.76. The Morgan fingerprint density at radius 3 is 2.73 bits per heavy atom.